The van der Waals surface area contributed by atoms with Gasteiger partial charge in [-0.25, -0.2) is 4.98 Å². The Kier molecular flexibility index (Phi) is 4.19. The van der Waals surface area contributed by atoms with Crippen LogP contribution in [0.2, 0.25) is 0 Å². The van der Waals surface area contributed by atoms with Crippen molar-refractivity contribution in [2.75, 3.05) is 5.32 Å². The van der Waals surface area contributed by atoms with Gasteiger partial charge in [0.05, 0.1) is 16.5 Å². The molecule has 7 heteroatoms. The van der Waals surface area contributed by atoms with E-state index in [-0.39, 0.29) is 11.9 Å². The van der Waals surface area contributed by atoms with Gasteiger partial charge in [0.1, 0.15) is 11.8 Å². The lowest BCUT2D eigenvalue weighted by atomic mass is 10.1. The molecule has 3 nitrogen and oxygen atoms in total. The number of hydrogen-bond acceptors (Lipinski definition) is 3. The van der Waals surface area contributed by atoms with Gasteiger partial charge in [-0.1, -0.05) is 6.07 Å². The SMILES string of the molecule is CC(C)Nc1[nH+]c(-c2cccs2)cc(C(F)(F)F)c1C#N. The molecule has 21 heavy (non-hydrogen) atoms. The number of pyridine rings is 1. The van der Waals surface area contributed by atoms with Gasteiger partial charge >= 0.3 is 6.18 Å². The van der Waals surface area contributed by atoms with Crippen LogP contribution < -0.4 is 10.3 Å². The molecular formula is C14H13F3N3S+. The lowest BCUT2D eigenvalue weighted by Crippen LogP contribution is -2.24. The van der Waals surface area contributed by atoms with E-state index in [1.54, 1.807) is 37.4 Å². The van der Waals surface area contributed by atoms with Gasteiger partial charge in [-0.3, -0.25) is 5.32 Å². The summed E-state index contributed by atoms with van der Waals surface area (Å²) in [5, 5.41) is 13.7. The molecule has 0 bridgehead atoms. The largest absolute Gasteiger partial charge is 0.418 e. The number of halogens is 3. The van der Waals surface area contributed by atoms with Crippen molar-refractivity contribution >= 4 is 17.2 Å². The highest BCUT2D eigenvalue weighted by Crippen LogP contribution is 2.36. The van der Waals surface area contributed by atoms with Gasteiger partial charge in [-0.15, -0.1) is 11.3 Å². The van der Waals surface area contributed by atoms with E-state index in [0.29, 0.717) is 10.6 Å². The Morgan fingerprint density at radius 1 is 1.38 bits per heavy atom. The number of aromatic amines is 1. The fourth-order valence-corrected chi connectivity index (χ4v) is 2.58. The minimum atomic E-state index is -4.58. The molecule has 0 aliphatic heterocycles. The van der Waals surface area contributed by atoms with Crippen LogP contribution in [0, 0.1) is 11.3 Å². The van der Waals surface area contributed by atoms with Crippen LogP contribution in [0.25, 0.3) is 10.6 Å². The highest BCUT2D eigenvalue weighted by Gasteiger charge is 2.38. The lowest BCUT2D eigenvalue weighted by Gasteiger charge is -2.12. The number of thiophene rings is 1. The van der Waals surface area contributed by atoms with Crippen molar-refractivity contribution in [1.29, 1.82) is 5.26 Å². The Bertz CT molecular complexity index is 670. The van der Waals surface area contributed by atoms with E-state index in [9.17, 15) is 13.2 Å². The van der Waals surface area contributed by atoms with E-state index < -0.39 is 17.3 Å². The summed E-state index contributed by atoms with van der Waals surface area (Å²) < 4.78 is 39.6. The van der Waals surface area contributed by atoms with E-state index in [0.717, 1.165) is 6.07 Å². The summed E-state index contributed by atoms with van der Waals surface area (Å²) in [6.45, 7) is 3.58. The van der Waals surface area contributed by atoms with Crippen molar-refractivity contribution in [3.8, 4) is 16.6 Å². The predicted octanol–water partition coefficient (Wildman–Crippen LogP) is 3.94. The first-order valence-corrected chi connectivity index (χ1v) is 7.09. The van der Waals surface area contributed by atoms with E-state index >= 15 is 0 Å². The first-order valence-electron chi connectivity index (χ1n) is 6.21. The van der Waals surface area contributed by atoms with Crippen molar-refractivity contribution in [3.63, 3.8) is 0 Å². The molecule has 2 rings (SSSR count). The molecule has 0 saturated heterocycles. The Morgan fingerprint density at radius 3 is 2.57 bits per heavy atom. The number of hydrogen-bond donors (Lipinski definition) is 1. The van der Waals surface area contributed by atoms with Crippen molar-refractivity contribution in [3.05, 3.63) is 34.7 Å². The van der Waals surface area contributed by atoms with Crippen LogP contribution in [-0.4, -0.2) is 6.04 Å². The maximum Gasteiger partial charge on any atom is 0.418 e. The quantitative estimate of drug-likeness (QED) is 0.933. The zero-order chi connectivity index (χ0) is 15.6. The lowest BCUT2D eigenvalue weighted by molar-refractivity contribution is -0.348. The summed E-state index contributed by atoms with van der Waals surface area (Å²) in [4.78, 5) is 3.56. The van der Waals surface area contributed by atoms with Gasteiger partial charge < -0.3 is 0 Å². The number of H-pyrrole nitrogens is 1. The number of aromatic nitrogens is 1. The third-order valence-electron chi connectivity index (χ3n) is 2.70. The minimum absolute atomic E-state index is 0.0886. The number of anilines is 1. The molecule has 2 aromatic heterocycles. The number of alkyl halides is 3. The minimum Gasteiger partial charge on any atom is -0.271 e. The maximum absolute atomic E-state index is 13.2. The molecule has 0 spiro atoms. The normalized spacial score (nSPS) is 11.5. The van der Waals surface area contributed by atoms with Crippen LogP contribution in [-0.2, 0) is 6.18 Å². The van der Waals surface area contributed by atoms with Crippen molar-refractivity contribution in [1.82, 2.24) is 0 Å². The highest BCUT2D eigenvalue weighted by atomic mass is 32.1. The molecule has 0 aliphatic carbocycles. The second-order valence-electron chi connectivity index (χ2n) is 4.73. The fourth-order valence-electron chi connectivity index (χ4n) is 1.89. The maximum atomic E-state index is 13.2. The number of rotatable bonds is 3. The van der Waals surface area contributed by atoms with Crippen molar-refractivity contribution < 1.29 is 18.2 Å². The Labute approximate surface area is 124 Å². The fraction of sp³-hybridized carbons (Fsp3) is 0.286. The third kappa shape index (κ3) is 3.34. The number of nitrogens with one attached hydrogen (secondary N) is 2. The van der Waals surface area contributed by atoms with E-state index in [4.69, 9.17) is 5.26 Å². The molecule has 0 fully saturated rings. The van der Waals surface area contributed by atoms with E-state index in [2.05, 4.69) is 10.3 Å². The second kappa shape index (κ2) is 5.74. The Morgan fingerprint density at radius 2 is 2.10 bits per heavy atom. The summed E-state index contributed by atoms with van der Waals surface area (Å²) in [6.07, 6.45) is -4.58. The van der Waals surface area contributed by atoms with Gasteiger partial charge in [0.15, 0.2) is 5.56 Å². The van der Waals surface area contributed by atoms with E-state index in [1.807, 2.05) is 0 Å². The standard InChI is InChI=1S/C14H12F3N3S/c1-8(2)19-13-9(7-18)10(14(15,16)17)6-11(20-13)12-4-3-5-21-12/h3-6,8H,1-2H3,(H,19,20)/p+1. The topological polar surface area (TPSA) is 50.0 Å². The highest BCUT2D eigenvalue weighted by molar-refractivity contribution is 7.13. The van der Waals surface area contributed by atoms with Gasteiger partial charge in [0.25, 0.3) is 5.82 Å². The summed E-state index contributed by atoms with van der Waals surface area (Å²) >= 11 is 1.33. The molecule has 110 valence electrons. The first-order chi connectivity index (χ1) is 9.82. The second-order valence-corrected chi connectivity index (χ2v) is 5.68. The molecule has 0 aliphatic rings. The smallest absolute Gasteiger partial charge is 0.271 e. The van der Waals surface area contributed by atoms with Crippen LogP contribution in [0.5, 0.6) is 0 Å². The summed E-state index contributed by atoms with van der Waals surface area (Å²) in [5.74, 6) is 0.0886. The zero-order valence-electron chi connectivity index (χ0n) is 11.4. The zero-order valence-corrected chi connectivity index (χ0v) is 12.2. The van der Waals surface area contributed by atoms with Crippen LogP contribution in [0.15, 0.2) is 23.6 Å². The molecule has 0 unspecified atom stereocenters. The average molecular weight is 312 g/mol. The molecule has 2 aromatic rings. The Balaban J connectivity index is 2.69. The Hall–Kier alpha value is -2.07. The molecule has 0 radical (unpaired) electrons. The van der Waals surface area contributed by atoms with Crippen molar-refractivity contribution in [2.24, 2.45) is 0 Å². The number of nitrogens with zero attached hydrogens (tertiary/aromatic N) is 1. The molecule has 2 heterocycles. The van der Waals surface area contributed by atoms with Gasteiger partial charge in [0, 0.05) is 6.07 Å². The van der Waals surface area contributed by atoms with Crippen LogP contribution in [0.4, 0.5) is 19.0 Å². The molecule has 0 aromatic carbocycles. The monoisotopic (exact) mass is 312 g/mol. The first kappa shape index (κ1) is 15.3. The average Bonchev–Trinajstić information content (AvgIpc) is 2.89. The predicted molar refractivity (Wildman–Crippen MR) is 74.8 cm³/mol. The van der Waals surface area contributed by atoms with Gasteiger partial charge in [-0.2, -0.15) is 18.4 Å². The van der Waals surface area contributed by atoms with Crippen LogP contribution in [0.1, 0.15) is 25.0 Å². The molecular weight excluding hydrogens is 299 g/mol. The van der Waals surface area contributed by atoms with Gasteiger partial charge in [0.2, 0.25) is 0 Å². The summed E-state index contributed by atoms with van der Waals surface area (Å²) in [6, 6.07) is 6.00. The van der Waals surface area contributed by atoms with Gasteiger partial charge in [-0.05, 0) is 25.3 Å². The number of nitriles is 1. The molecule has 0 saturated carbocycles. The third-order valence-corrected chi connectivity index (χ3v) is 3.61. The molecule has 0 amide bonds. The van der Waals surface area contributed by atoms with E-state index in [1.165, 1.54) is 11.3 Å². The van der Waals surface area contributed by atoms with Crippen molar-refractivity contribution in [2.45, 2.75) is 26.1 Å². The molecule has 2 N–H and O–H groups in total. The summed E-state index contributed by atoms with van der Waals surface area (Å²) in [5.41, 5.74) is -1.02. The molecule has 0 atom stereocenters. The van der Waals surface area contributed by atoms with Crippen LogP contribution in [0.3, 0.4) is 0 Å². The summed E-state index contributed by atoms with van der Waals surface area (Å²) in [7, 11) is 0. The van der Waals surface area contributed by atoms with Crippen LogP contribution >= 0.6 is 11.3 Å².